The number of cyclic esters (lactones) is 1. The summed E-state index contributed by atoms with van der Waals surface area (Å²) in [5.41, 5.74) is 9.70. The molecule has 1 amide bonds. The Bertz CT molecular complexity index is 295. The third kappa shape index (κ3) is 3.70. The zero-order chi connectivity index (χ0) is 11.4. The Morgan fingerprint density at radius 2 is 2.33 bits per heavy atom. The van der Waals surface area contributed by atoms with Crippen molar-refractivity contribution in [2.24, 2.45) is 11.7 Å². The number of ether oxygens (including phenoxy) is 1. The summed E-state index contributed by atoms with van der Waals surface area (Å²) < 4.78 is 4.91. The molecule has 1 aliphatic rings. The van der Waals surface area contributed by atoms with Crippen molar-refractivity contribution in [3.05, 3.63) is 0 Å². The molecule has 1 rings (SSSR count). The van der Waals surface area contributed by atoms with E-state index in [1.165, 1.54) is 0 Å². The van der Waals surface area contributed by atoms with Crippen molar-refractivity contribution in [3.63, 3.8) is 0 Å². The molecule has 0 aliphatic carbocycles. The Hall–Kier alpha value is -1.37. The highest BCUT2D eigenvalue weighted by molar-refractivity contribution is 7.80. The number of amides is 1. The van der Waals surface area contributed by atoms with E-state index < -0.39 is 0 Å². The lowest BCUT2D eigenvalue weighted by molar-refractivity contribution is -0.145. The maximum absolute atomic E-state index is 11.3. The molecule has 6 nitrogen and oxygen atoms in total. The maximum atomic E-state index is 11.3. The molecule has 84 valence electrons. The number of carbonyl (C=O) groups is 2. The van der Waals surface area contributed by atoms with E-state index in [9.17, 15) is 9.59 Å². The van der Waals surface area contributed by atoms with Crippen molar-refractivity contribution in [2.75, 3.05) is 0 Å². The van der Waals surface area contributed by atoms with E-state index in [-0.39, 0.29) is 35.4 Å². The molecule has 7 heteroatoms. The summed E-state index contributed by atoms with van der Waals surface area (Å²) in [6.45, 7) is 1.79. The van der Waals surface area contributed by atoms with E-state index in [0.717, 1.165) is 0 Å². The van der Waals surface area contributed by atoms with Gasteiger partial charge in [0.1, 0.15) is 0 Å². The SMILES string of the molecule is C[C@H]1C[C@H](CC(=O)NNC(N)=S)C(=O)O1. The van der Waals surface area contributed by atoms with Gasteiger partial charge in [-0.2, -0.15) is 0 Å². The van der Waals surface area contributed by atoms with Crippen LogP contribution in [-0.2, 0) is 14.3 Å². The van der Waals surface area contributed by atoms with Crippen LogP contribution < -0.4 is 16.6 Å². The third-order valence-electron chi connectivity index (χ3n) is 2.02. The summed E-state index contributed by atoms with van der Waals surface area (Å²) in [6.07, 6.45) is 0.539. The molecule has 0 unspecified atom stereocenters. The summed E-state index contributed by atoms with van der Waals surface area (Å²) in [6, 6.07) is 0. The molecule has 0 radical (unpaired) electrons. The van der Waals surface area contributed by atoms with E-state index in [0.29, 0.717) is 6.42 Å². The van der Waals surface area contributed by atoms with Crippen LogP contribution in [-0.4, -0.2) is 23.1 Å². The predicted octanol–water partition coefficient (Wildman–Crippen LogP) is -0.807. The van der Waals surface area contributed by atoms with Crippen molar-refractivity contribution in [3.8, 4) is 0 Å². The van der Waals surface area contributed by atoms with Crippen molar-refractivity contribution < 1.29 is 14.3 Å². The smallest absolute Gasteiger partial charge is 0.309 e. The van der Waals surface area contributed by atoms with Gasteiger partial charge in [0.05, 0.1) is 12.0 Å². The van der Waals surface area contributed by atoms with Crippen LogP contribution in [0.5, 0.6) is 0 Å². The molecule has 0 saturated carbocycles. The number of carbonyl (C=O) groups excluding carboxylic acids is 2. The fourth-order valence-corrected chi connectivity index (χ4v) is 1.46. The number of rotatable bonds is 2. The van der Waals surface area contributed by atoms with Crippen molar-refractivity contribution in [2.45, 2.75) is 25.9 Å². The zero-order valence-corrected chi connectivity index (χ0v) is 9.10. The first-order valence-electron chi connectivity index (χ1n) is 4.54. The van der Waals surface area contributed by atoms with Gasteiger partial charge in [0, 0.05) is 6.42 Å². The average Bonchev–Trinajstić information content (AvgIpc) is 2.42. The van der Waals surface area contributed by atoms with E-state index in [4.69, 9.17) is 10.5 Å². The monoisotopic (exact) mass is 231 g/mol. The predicted molar refractivity (Wildman–Crippen MR) is 56.3 cm³/mol. The lowest BCUT2D eigenvalue weighted by atomic mass is 10.0. The molecule has 0 aromatic rings. The second-order valence-corrected chi connectivity index (χ2v) is 3.86. The van der Waals surface area contributed by atoms with Gasteiger partial charge in [-0.1, -0.05) is 0 Å². The molecule has 0 aromatic heterocycles. The fourth-order valence-electron chi connectivity index (χ4n) is 1.41. The van der Waals surface area contributed by atoms with E-state index in [1.807, 2.05) is 0 Å². The average molecular weight is 231 g/mol. The fraction of sp³-hybridized carbons (Fsp3) is 0.625. The summed E-state index contributed by atoms with van der Waals surface area (Å²) in [5.74, 6) is -1.03. The first-order valence-corrected chi connectivity index (χ1v) is 4.94. The highest BCUT2D eigenvalue weighted by Gasteiger charge is 2.33. The van der Waals surface area contributed by atoms with Gasteiger partial charge in [0.15, 0.2) is 5.11 Å². The summed E-state index contributed by atoms with van der Waals surface area (Å²) in [5, 5.41) is -0.0225. The second kappa shape index (κ2) is 4.92. The lowest BCUT2D eigenvalue weighted by Gasteiger charge is -2.07. The van der Waals surface area contributed by atoms with Gasteiger partial charge in [-0.3, -0.25) is 20.4 Å². The maximum Gasteiger partial charge on any atom is 0.309 e. The minimum Gasteiger partial charge on any atom is -0.462 e. The van der Waals surface area contributed by atoms with Crippen LogP contribution in [0.25, 0.3) is 0 Å². The molecule has 0 spiro atoms. The van der Waals surface area contributed by atoms with E-state index in [2.05, 4.69) is 23.1 Å². The van der Waals surface area contributed by atoms with Gasteiger partial charge in [0.25, 0.3) is 0 Å². The van der Waals surface area contributed by atoms with Gasteiger partial charge in [-0.05, 0) is 25.6 Å². The number of esters is 1. The standard InChI is InChI=1S/C8H13N3O3S/c1-4-2-5(7(13)14-4)3-6(12)10-11-8(9)15/h4-5H,2-3H2,1H3,(H,10,12)(H3,9,11,15)/t4-,5+/m0/s1. The molecule has 2 atom stereocenters. The molecule has 1 saturated heterocycles. The van der Waals surface area contributed by atoms with E-state index >= 15 is 0 Å². The highest BCUT2D eigenvalue weighted by Crippen LogP contribution is 2.23. The largest absolute Gasteiger partial charge is 0.462 e. The Balaban J connectivity index is 2.32. The van der Waals surface area contributed by atoms with Crippen molar-refractivity contribution in [1.82, 2.24) is 10.9 Å². The Morgan fingerprint density at radius 1 is 1.67 bits per heavy atom. The molecule has 15 heavy (non-hydrogen) atoms. The van der Waals surface area contributed by atoms with Crippen LogP contribution in [0, 0.1) is 5.92 Å². The molecule has 1 fully saturated rings. The van der Waals surface area contributed by atoms with Gasteiger partial charge in [-0.15, -0.1) is 0 Å². The quantitative estimate of drug-likeness (QED) is 0.327. The summed E-state index contributed by atoms with van der Waals surface area (Å²) in [4.78, 5) is 22.4. The molecule has 1 aliphatic heterocycles. The Morgan fingerprint density at radius 3 is 2.80 bits per heavy atom. The summed E-state index contributed by atoms with van der Waals surface area (Å²) in [7, 11) is 0. The van der Waals surface area contributed by atoms with Crippen molar-refractivity contribution in [1.29, 1.82) is 0 Å². The number of thiocarbonyl (C=S) groups is 1. The van der Waals surface area contributed by atoms with Crippen LogP contribution in [0.3, 0.4) is 0 Å². The van der Waals surface area contributed by atoms with Crippen molar-refractivity contribution >= 4 is 29.2 Å². The van der Waals surface area contributed by atoms with Crippen LogP contribution in [0.15, 0.2) is 0 Å². The number of nitrogens with one attached hydrogen (secondary N) is 2. The van der Waals surface area contributed by atoms with E-state index in [1.54, 1.807) is 6.92 Å². The zero-order valence-electron chi connectivity index (χ0n) is 8.28. The van der Waals surface area contributed by atoms with Gasteiger partial charge in [0.2, 0.25) is 5.91 Å². The van der Waals surface area contributed by atoms with Gasteiger partial charge >= 0.3 is 5.97 Å². The first-order chi connectivity index (χ1) is 6.99. The minimum atomic E-state index is -0.367. The minimum absolute atomic E-state index is 0.0225. The third-order valence-corrected chi connectivity index (χ3v) is 2.13. The second-order valence-electron chi connectivity index (χ2n) is 3.42. The molecular formula is C8H13N3O3S. The molecule has 0 bridgehead atoms. The van der Waals surface area contributed by atoms with Gasteiger partial charge < -0.3 is 10.5 Å². The topological polar surface area (TPSA) is 93.5 Å². The normalized spacial score (nSPS) is 24.5. The molecule has 1 heterocycles. The molecule has 0 aromatic carbocycles. The lowest BCUT2D eigenvalue weighted by Crippen LogP contribution is -2.45. The highest BCUT2D eigenvalue weighted by atomic mass is 32.1. The summed E-state index contributed by atoms with van der Waals surface area (Å²) >= 11 is 4.50. The van der Waals surface area contributed by atoms with Crippen LogP contribution in [0.4, 0.5) is 0 Å². The number of nitrogens with two attached hydrogens (primary N) is 1. The Kier molecular flexibility index (Phi) is 3.84. The molecule has 4 N–H and O–H groups in total. The van der Waals surface area contributed by atoms with Gasteiger partial charge in [-0.25, -0.2) is 0 Å². The van der Waals surface area contributed by atoms with Crippen LogP contribution >= 0.6 is 12.2 Å². The number of hydrogen-bond donors (Lipinski definition) is 3. The number of hydrogen-bond acceptors (Lipinski definition) is 4. The first kappa shape index (κ1) is 11.7. The van der Waals surface area contributed by atoms with Crippen LogP contribution in [0.1, 0.15) is 19.8 Å². The number of hydrazine groups is 1. The van der Waals surface area contributed by atoms with Crippen LogP contribution in [0.2, 0.25) is 0 Å². The molecular weight excluding hydrogens is 218 g/mol. The Labute approximate surface area is 92.5 Å².